The van der Waals surface area contributed by atoms with Crippen molar-refractivity contribution < 1.29 is 23.7 Å². The van der Waals surface area contributed by atoms with Crippen molar-refractivity contribution in [1.29, 1.82) is 0 Å². The lowest BCUT2D eigenvalue weighted by Crippen LogP contribution is -2.21. The molecule has 0 aliphatic carbocycles. The van der Waals surface area contributed by atoms with E-state index in [4.69, 9.17) is 18.9 Å². The fraction of sp³-hybridized carbons (Fsp3) is 0.190. The molecule has 2 aliphatic rings. The van der Waals surface area contributed by atoms with Gasteiger partial charge in [-0.15, -0.1) is 0 Å². The first kappa shape index (κ1) is 15.1. The SMILES string of the molecule is COc1ccc([C@@H]2CC(=O)Oc3cc4c(cc32)OCO4)c2ccccc12. The average Bonchev–Trinajstić information content (AvgIpc) is 3.12. The van der Waals surface area contributed by atoms with Crippen LogP contribution in [0.2, 0.25) is 0 Å². The summed E-state index contributed by atoms with van der Waals surface area (Å²) < 4.78 is 21.9. The molecule has 0 aromatic heterocycles. The number of esters is 1. The molecule has 26 heavy (non-hydrogen) atoms. The molecule has 0 fully saturated rings. The van der Waals surface area contributed by atoms with E-state index in [0.717, 1.165) is 27.6 Å². The molecule has 5 nitrogen and oxygen atoms in total. The molecule has 1 atom stereocenters. The number of carbonyl (C=O) groups excluding carboxylic acids is 1. The molecular weight excluding hydrogens is 332 g/mol. The number of fused-ring (bicyclic) bond motifs is 3. The first-order valence-corrected chi connectivity index (χ1v) is 8.44. The Balaban J connectivity index is 1.73. The molecule has 5 rings (SSSR count). The molecule has 0 bridgehead atoms. The zero-order valence-corrected chi connectivity index (χ0v) is 14.2. The van der Waals surface area contributed by atoms with Gasteiger partial charge in [-0.1, -0.05) is 30.3 Å². The Morgan fingerprint density at radius 1 is 0.923 bits per heavy atom. The lowest BCUT2D eigenvalue weighted by atomic mass is 9.83. The minimum absolute atomic E-state index is 0.114. The summed E-state index contributed by atoms with van der Waals surface area (Å²) in [5, 5.41) is 2.09. The van der Waals surface area contributed by atoms with E-state index < -0.39 is 0 Å². The van der Waals surface area contributed by atoms with Crippen LogP contribution < -0.4 is 18.9 Å². The van der Waals surface area contributed by atoms with Crippen molar-refractivity contribution in [3.05, 3.63) is 59.7 Å². The van der Waals surface area contributed by atoms with Crippen LogP contribution in [0.4, 0.5) is 0 Å². The molecular formula is C21H16O5. The highest BCUT2D eigenvalue weighted by Gasteiger charge is 2.32. The fourth-order valence-corrected chi connectivity index (χ4v) is 3.79. The summed E-state index contributed by atoms with van der Waals surface area (Å²) in [4.78, 5) is 12.2. The predicted molar refractivity (Wildman–Crippen MR) is 95.2 cm³/mol. The van der Waals surface area contributed by atoms with E-state index in [-0.39, 0.29) is 25.1 Å². The van der Waals surface area contributed by atoms with Gasteiger partial charge in [0, 0.05) is 22.9 Å². The molecule has 0 saturated heterocycles. The second kappa shape index (κ2) is 5.66. The third kappa shape index (κ3) is 2.20. The number of rotatable bonds is 2. The van der Waals surface area contributed by atoms with Crippen LogP contribution in [0.1, 0.15) is 23.5 Å². The van der Waals surface area contributed by atoms with E-state index in [9.17, 15) is 4.79 Å². The molecule has 0 radical (unpaired) electrons. The van der Waals surface area contributed by atoms with Gasteiger partial charge in [-0.25, -0.2) is 0 Å². The van der Waals surface area contributed by atoms with Crippen LogP contribution in [0.3, 0.4) is 0 Å². The van der Waals surface area contributed by atoms with Gasteiger partial charge in [0.15, 0.2) is 11.5 Å². The number of hydrogen-bond acceptors (Lipinski definition) is 5. The van der Waals surface area contributed by atoms with Crippen molar-refractivity contribution in [2.45, 2.75) is 12.3 Å². The summed E-state index contributed by atoms with van der Waals surface area (Å²) in [6.45, 7) is 0.183. The maximum absolute atomic E-state index is 12.2. The number of carbonyl (C=O) groups is 1. The van der Waals surface area contributed by atoms with Gasteiger partial charge in [0.05, 0.1) is 13.5 Å². The summed E-state index contributed by atoms with van der Waals surface area (Å²) in [5.74, 6) is 2.28. The Morgan fingerprint density at radius 3 is 2.50 bits per heavy atom. The third-order valence-corrected chi connectivity index (χ3v) is 4.99. The number of ether oxygens (including phenoxy) is 4. The van der Waals surface area contributed by atoms with Gasteiger partial charge in [-0.2, -0.15) is 0 Å². The zero-order valence-electron chi connectivity index (χ0n) is 14.2. The van der Waals surface area contributed by atoms with Gasteiger partial charge in [0.25, 0.3) is 0 Å². The van der Waals surface area contributed by atoms with E-state index in [0.29, 0.717) is 17.2 Å². The quantitative estimate of drug-likeness (QED) is 0.517. The minimum atomic E-state index is -0.249. The molecule has 5 heteroatoms. The van der Waals surface area contributed by atoms with Crippen molar-refractivity contribution in [3.8, 4) is 23.0 Å². The zero-order chi connectivity index (χ0) is 17.7. The standard InChI is InChI=1S/C21H16O5/c1-23-17-7-6-13(12-4-2-3-5-14(12)17)15-9-21(22)26-18-10-20-19(8-16(15)18)24-11-25-20/h2-8,10,15H,9,11H2,1H3/t15-/m0/s1. The van der Waals surface area contributed by atoms with Gasteiger partial charge >= 0.3 is 5.97 Å². The normalized spacial score (nSPS) is 17.7. The highest BCUT2D eigenvalue weighted by Crippen LogP contribution is 2.47. The van der Waals surface area contributed by atoms with Gasteiger partial charge in [-0.05, 0) is 23.1 Å². The van der Waals surface area contributed by atoms with Crippen molar-refractivity contribution in [2.75, 3.05) is 13.9 Å². The van der Waals surface area contributed by atoms with Crippen LogP contribution in [0.25, 0.3) is 10.8 Å². The largest absolute Gasteiger partial charge is 0.496 e. The smallest absolute Gasteiger partial charge is 0.312 e. The van der Waals surface area contributed by atoms with Gasteiger partial charge in [-0.3, -0.25) is 4.79 Å². The van der Waals surface area contributed by atoms with E-state index in [2.05, 4.69) is 6.07 Å². The molecule has 3 aromatic carbocycles. The highest BCUT2D eigenvalue weighted by atomic mass is 16.7. The maximum Gasteiger partial charge on any atom is 0.312 e. The molecule has 2 aliphatic heterocycles. The van der Waals surface area contributed by atoms with Crippen LogP contribution in [0, 0.1) is 0 Å². The van der Waals surface area contributed by atoms with Crippen LogP contribution in [-0.4, -0.2) is 19.9 Å². The second-order valence-corrected chi connectivity index (χ2v) is 6.38. The molecule has 130 valence electrons. The Bertz CT molecular complexity index is 1040. The summed E-state index contributed by atoms with van der Waals surface area (Å²) in [5.41, 5.74) is 2.00. The number of benzene rings is 3. The minimum Gasteiger partial charge on any atom is -0.496 e. The molecule has 0 unspecified atom stereocenters. The second-order valence-electron chi connectivity index (χ2n) is 6.38. The van der Waals surface area contributed by atoms with E-state index >= 15 is 0 Å². The fourth-order valence-electron chi connectivity index (χ4n) is 3.79. The van der Waals surface area contributed by atoms with Crippen LogP contribution in [-0.2, 0) is 4.79 Å². The van der Waals surface area contributed by atoms with Gasteiger partial charge in [0.2, 0.25) is 6.79 Å². The van der Waals surface area contributed by atoms with E-state index in [1.54, 1.807) is 13.2 Å². The lowest BCUT2D eigenvalue weighted by molar-refractivity contribution is -0.135. The van der Waals surface area contributed by atoms with Crippen LogP contribution in [0.5, 0.6) is 23.0 Å². The summed E-state index contributed by atoms with van der Waals surface area (Å²) >= 11 is 0. The van der Waals surface area contributed by atoms with Crippen molar-refractivity contribution in [2.24, 2.45) is 0 Å². The Hall–Kier alpha value is -3.21. The van der Waals surface area contributed by atoms with Gasteiger partial charge < -0.3 is 18.9 Å². The van der Waals surface area contributed by atoms with E-state index in [1.165, 1.54) is 0 Å². The highest BCUT2D eigenvalue weighted by molar-refractivity contribution is 5.93. The molecule has 3 aromatic rings. The first-order valence-electron chi connectivity index (χ1n) is 8.44. The molecule has 2 heterocycles. The predicted octanol–water partition coefficient (Wildman–Crippen LogP) is 4.02. The van der Waals surface area contributed by atoms with Crippen LogP contribution >= 0.6 is 0 Å². The molecule has 0 saturated carbocycles. The lowest BCUT2D eigenvalue weighted by Gasteiger charge is -2.26. The van der Waals surface area contributed by atoms with Crippen molar-refractivity contribution >= 4 is 16.7 Å². The maximum atomic E-state index is 12.2. The van der Waals surface area contributed by atoms with Crippen molar-refractivity contribution in [3.63, 3.8) is 0 Å². The third-order valence-electron chi connectivity index (χ3n) is 4.99. The molecule has 0 amide bonds. The summed E-state index contributed by atoms with van der Waals surface area (Å²) in [6.07, 6.45) is 0.281. The number of methoxy groups -OCH3 is 1. The summed E-state index contributed by atoms with van der Waals surface area (Å²) in [7, 11) is 1.66. The summed E-state index contributed by atoms with van der Waals surface area (Å²) in [6, 6.07) is 15.7. The Labute approximate surface area is 150 Å². The van der Waals surface area contributed by atoms with Crippen LogP contribution in [0.15, 0.2) is 48.5 Å². The Kier molecular flexibility index (Phi) is 3.28. The molecule has 0 N–H and O–H groups in total. The monoisotopic (exact) mass is 348 g/mol. The first-order chi connectivity index (χ1) is 12.7. The molecule has 0 spiro atoms. The van der Waals surface area contributed by atoms with E-state index in [1.807, 2.05) is 36.4 Å². The Morgan fingerprint density at radius 2 is 1.69 bits per heavy atom. The topological polar surface area (TPSA) is 54.0 Å². The van der Waals surface area contributed by atoms with Crippen molar-refractivity contribution in [1.82, 2.24) is 0 Å². The van der Waals surface area contributed by atoms with Gasteiger partial charge in [0.1, 0.15) is 11.5 Å². The number of hydrogen-bond donors (Lipinski definition) is 0. The average molecular weight is 348 g/mol.